The number of carbonyl (C=O) groups is 1. The summed E-state index contributed by atoms with van der Waals surface area (Å²) in [5.41, 5.74) is 2.20. The van der Waals surface area contributed by atoms with E-state index in [0.717, 1.165) is 11.1 Å². The maximum Gasteiger partial charge on any atom is 0.347 e. The van der Waals surface area contributed by atoms with Crippen LogP contribution in [0.4, 0.5) is 0 Å². The van der Waals surface area contributed by atoms with E-state index in [2.05, 4.69) is 4.98 Å². The third-order valence-corrected chi connectivity index (χ3v) is 2.99. The quantitative estimate of drug-likeness (QED) is 0.608. The normalized spacial score (nSPS) is 13.8. The van der Waals surface area contributed by atoms with Crippen LogP contribution >= 0.6 is 11.6 Å². The fourth-order valence-electron chi connectivity index (χ4n) is 1.73. The number of aromatic nitrogens is 1. The highest BCUT2D eigenvalue weighted by molar-refractivity contribution is 6.30. The van der Waals surface area contributed by atoms with Gasteiger partial charge in [0.2, 0.25) is 0 Å². The van der Waals surface area contributed by atoms with Crippen LogP contribution in [0, 0.1) is 6.92 Å². The van der Waals surface area contributed by atoms with E-state index >= 15 is 0 Å². The lowest BCUT2D eigenvalue weighted by molar-refractivity contribution is -0.134. The van der Waals surface area contributed by atoms with Crippen molar-refractivity contribution in [1.29, 1.82) is 0 Å². The van der Waals surface area contributed by atoms with Crippen molar-refractivity contribution in [2.75, 3.05) is 14.2 Å². The smallest absolute Gasteiger partial charge is 0.347 e. The Bertz CT molecular complexity index is 539. The predicted molar refractivity (Wildman–Crippen MR) is 64.7 cm³/mol. The minimum Gasteiger partial charge on any atom is -0.468 e. The summed E-state index contributed by atoms with van der Waals surface area (Å²) in [6.07, 6.45) is 0. The zero-order valence-corrected chi connectivity index (χ0v) is 11.0. The summed E-state index contributed by atoms with van der Waals surface area (Å²) in [7, 11) is 2.70. The van der Waals surface area contributed by atoms with Gasteiger partial charge in [-0.15, -0.1) is 0 Å². The molecular formula is C12H12ClNO4. The van der Waals surface area contributed by atoms with Crippen LogP contribution in [-0.4, -0.2) is 25.2 Å². The lowest BCUT2D eigenvalue weighted by Gasteiger charge is -2.21. The van der Waals surface area contributed by atoms with Crippen molar-refractivity contribution in [2.24, 2.45) is 0 Å². The molecule has 1 aromatic rings. The van der Waals surface area contributed by atoms with Gasteiger partial charge in [0.25, 0.3) is 5.95 Å². The number of pyridine rings is 1. The average Bonchev–Trinajstić information content (AvgIpc) is 2.38. The number of methoxy groups -OCH3 is 2. The second kappa shape index (κ2) is 4.86. The van der Waals surface area contributed by atoms with Crippen molar-refractivity contribution in [3.63, 3.8) is 0 Å². The highest BCUT2D eigenvalue weighted by Gasteiger charge is 2.30. The Kier molecular flexibility index (Phi) is 3.43. The maximum atomic E-state index is 11.8. The second-order valence-electron chi connectivity index (χ2n) is 3.75. The molecule has 96 valence electrons. The van der Waals surface area contributed by atoms with E-state index in [1.165, 1.54) is 14.2 Å². The highest BCUT2D eigenvalue weighted by atomic mass is 35.5. The standard InChI is InChI=1S/C12H12ClNO4/c1-6-4-7-5-18-12(17-3)8(11(15)16-2)9(7)14-10(6)13/h4H,5H2,1-3H3. The van der Waals surface area contributed by atoms with Crippen LogP contribution in [0.1, 0.15) is 16.8 Å². The number of ether oxygens (including phenoxy) is 3. The number of hydrogen-bond acceptors (Lipinski definition) is 5. The van der Waals surface area contributed by atoms with Gasteiger partial charge in [0.1, 0.15) is 11.8 Å². The van der Waals surface area contributed by atoms with Gasteiger partial charge in [-0.1, -0.05) is 11.6 Å². The summed E-state index contributed by atoms with van der Waals surface area (Å²) in [4.78, 5) is 16.0. The van der Waals surface area contributed by atoms with E-state index in [9.17, 15) is 4.79 Å². The summed E-state index contributed by atoms with van der Waals surface area (Å²) >= 11 is 5.98. The van der Waals surface area contributed by atoms with Crippen LogP contribution in [0.3, 0.4) is 0 Å². The molecule has 0 N–H and O–H groups in total. The average molecular weight is 270 g/mol. The molecule has 6 heteroatoms. The van der Waals surface area contributed by atoms with Gasteiger partial charge < -0.3 is 14.2 Å². The molecule has 0 fully saturated rings. The van der Waals surface area contributed by atoms with Gasteiger partial charge in [-0.2, -0.15) is 0 Å². The highest BCUT2D eigenvalue weighted by Crippen LogP contribution is 2.31. The first kappa shape index (κ1) is 12.7. The number of nitrogens with zero attached hydrogens (tertiary/aromatic N) is 1. The first-order valence-corrected chi connectivity index (χ1v) is 5.62. The molecule has 0 spiro atoms. The van der Waals surface area contributed by atoms with Crippen molar-refractivity contribution in [3.05, 3.63) is 34.0 Å². The number of hydrogen-bond donors (Lipinski definition) is 0. The third kappa shape index (κ3) is 2.01. The lowest BCUT2D eigenvalue weighted by atomic mass is 10.0. The van der Waals surface area contributed by atoms with Gasteiger partial charge in [-0.25, -0.2) is 9.78 Å². The molecule has 0 radical (unpaired) electrons. The molecule has 2 rings (SSSR count). The molecule has 18 heavy (non-hydrogen) atoms. The summed E-state index contributed by atoms with van der Waals surface area (Å²) < 4.78 is 15.1. The summed E-state index contributed by atoms with van der Waals surface area (Å²) in [5, 5.41) is 0.340. The Morgan fingerprint density at radius 3 is 2.83 bits per heavy atom. The SMILES string of the molecule is COC(=O)C1=C(OC)OCc2cc(C)c(Cl)nc21. The van der Waals surface area contributed by atoms with Crippen LogP contribution in [-0.2, 0) is 25.6 Å². The van der Waals surface area contributed by atoms with E-state index in [4.69, 9.17) is 25.8 Å². The maximum absolute atomic E-state index is 11.8. The molecule has 1 aromatic heterocycles. The number of fused-ring (bicyclic) bond motifs is 1. The van der Waals surface area contributed by atoms with Gasteiger partial charge in [-0.05, 0) is 18.6 Å². The number of rotatable bonds is 2. The minimum atomic E-state index is -0.569. The van der Waals surface area contributed by atoms with Gasteiger partial charge in [0.05, 0.1) is 19.9 Å². The first-order chi connectivity index (χ1) is 8.58. The fourth-order valence-corrected chi connectivity index (χ4v) is 1.87. The predicted octanol–water partition coefficient (Wildman–Crippen LogP) is 2.06. The van der Waals surface area contributed by atoms with Gasteiger partial charge in [0, 0.05) is 5.56 Å². The van der Waals surface area contributed by atoms with Gasteiger partial charge >= 0.3 is 5.97 Å². The Hall–Kier alpha value is -1.75. The summed E-state index contributed by atoms with van der Waals surface area (Å²) in [6, 6.07) is 1.83. The Morgan fingerprint density at radius 2 is 2.22 bits per heavy atom. The van der Waals surface area contributed by atoms with Crippen LogP contribution < -0.4 is 0 Å². The molecule has 0 amide bonds. The van der Waals surface area contributed by atoms with E-state index in [1.807, 2.05) is 13.0 Å². The Morgan fingerprint density at radius 1 is 1.50 bits per heavy atom. The molecular weight excluding hydrogens is 258 g/mol. The molecule has 5 nitrogen and oxygen atoms in total. The third-order valence-electron chi connectivity index (χ3n) is 2.60. The van der Waals surface area contributed by atoms with Crippen molar-refractivity contribution in [3.8, 4) is 0 Å². The number of esters is 1. The van der Waals surface area contributed by atoms with Crippen molar-refractivity contribution >= 4 is 23.1 Å². The summed E-state index contributed by atoms with van der Waals surface area (Å²) in [5.74, 6) is -0.470. The topological polar surface area (TPSA) is 57.7 Å². The molecule has 1 aliphatic heterocycles. The largest absolute Gasteiger partial charge is 0.468 e. The molecule has 2 heterocycles. The number of aryl methyl sites for hydroxylation is 1. The van der Waals surface area contributed by atoms with Crippen molar-refractivity contribution in [1.82, 2.24) is 4.98 Å². The Labute approximate surface area is 109 Å². The van der Waals surface area contributed by atoms with E-state index in [-0.39, 0.29) is 18.1 Å². The molecule has 0 atom stereocenters. The molecule has 0 saturated heterocycles. The monoisotopic (exact) mass is 269 g/mol. The molecule has 0 saturated carbocycles. The van der Waals surface area contributed by atoms with Crippen molar-refractivity contribution < 1.29 is 19.0 Å². The zero-order chi connectivity index (χ0) is 13.3. The van der Waals surface area contributed by atoms with Crippen LogP contribution in [0.5, 0.6) is 0 Å². The van der Waals surface area contributed by atoms with Crippen molar-refractivity contribution in [2.45, 2.75) is 13.5 Å². The molecule has 0 aromatic carbocycles. The lowest BCUT2D eigenvalue weighted by Crippen LogP contribution is -2.18. The minimum absolute atomic E-state index is 0.0989. The molecule has 0 aliphatic carbocycles. The van der Waals surface area contributed by atoms with Crippen LogP contribution in [0.2, 0.25) is 5.15 Å². The van der Waals surface area contributed by atoms with E-state index in [0.29, 0.717) is 10.8 Å². The zero-order valence-electron chi connectivity index (χ0n) is 10.2. The van der Waals surface area contributed by atoms with Gasteiger partial charge in [-0.3, -0.25) is 0 Å². The van der Waals surface area contributed by atoms with Gasteiger partial charge in [0.15, 0.2) is 5.57 Å². The van der Waals surface area contributed by atoms with E-state index in [1.54, 1.807) is 0 Å². The first-order valence-electron chi connectivity index (χ1n) is 5.24. The van der Waals surface area contributed by atoms with E-state index < -0.39 is 5.97 Å². The molecule has 0 unspecified atom stereocenters. The molecule has 0 bridgehead atoms. The second-order valence-corrected chi connectivity index (χ2v) is 4.11. The molecule has 1 aliphatic rings. The van der Waals surface area contributed by atoms with Crippen LogP contribution in [0.15, 0.2) is 12.0 Å². The summed E-state index contributed by atoms with van der Waals surface area (Å²) in [6.45, 7) is 2.12. The number of carbonyl (C=O) groups excluding carboxylic acids is 1. The fraction of sp³-hybridized carbons (Fsp3) is 0.333. The van der Waals surface area contributed by atoms with Crippen LogP contribution in [0.25, 0.3) is 5.57 Å². The Balaban J connectivity index is 2.64. The number of halogens is 1.